The van der Waals surface area contributed by atoms with E-state index in [-0.39, 0.29) is 11.7 Å². The van der Waals surface area contributed by atoms with E-state index in [1.807, 2.05) is 12.1 Å². The van der Waals surface area contributed by atoms with Crippen LogP contribution in [0.4, 0.5) is 15.9 Å². The monoisotopic (exact) mass is 381 g/mol. The first-order valence-corrected chi connectivity index (χ1v) is 8.57. The van der Waals surface area contributed by atoms with Crippen molar-refractivity contribution in [2.45, 2.75) is 6.54 Å². The Morgan fingerprint density at radius 3 is 2.46 bits per heavy atom. The fraction of sp³-hybridized carbons (Fsp3) is 0.143. The molecule has 0 aliphatic carbocycles. The molecule has 0 aliphatic heterocycles. The summed E-state index contributed by atoms with van der Waals surface area (Å²) in [7, 11) is 3.16. The van der Waals surface area contributed by atoms with Crippen molar-refractivity contribution in [2.24, 2.45) is 0 Å². The summed E-state index contributed by atoms with van der Waals surface area (Å²) in [5.41, 5.74) is 1.96. The molecular weight excluding hydrogens is 361 g/mol. The van der Waals surface area contributed by atoms with Gasteiger partial charge >= 0.3 is 0 Å². The first kappa shape index (κ1) is 19.2. The maximum Gasteiger partial charge on any atom is 0.253 e. The number of pyridine rings is 1. The molecule has 0 saturated carbocycles. The summed E-state index contributed by atoms with van der Waals surface area (Å²) >= 11 is 0. The SMILES string of the molecule is COc1ccc(Nc2ccc(C(=O)NCc3ccc(F)cc3)cn2)c(OC)c1. The Morgan fingerprint density at radius 2 is 1.82 bits per heavy atom. The number of halogens is 1. The van der Waals surface area contributed by atoms with Crippen LogP contribution in [0.25, 0.3) is 0 Å². The highest BCUT2D eigenvalue weighted by molar-refractivity contribution is 5.94. The van der Waals surface area contributed by atoms with E-state index in [2.05, 4.69) is 15.6 Å². The molecule has 1 aromatic heterocycles. The van der Waals surface area contributed by atoms with Crippen LogP contribution in [-0.2, 0) is 6.54 Å². The van der Waals surface area contributed by atoms with E-state index < -0.39 is 0 Å². The summed E-state index contributed by atoms with van der Waals surface area (Å²) in [6.45, 7) is 0.308. The minimum Gasteiger partial charge on any atom is -0.497 e. The van der Waals surface area contributed by atoms with Gasteiger partial charge in [-0.25, -0.2) is 9.37 Å². The van der Waals surface area contributed by atoms with Gasteiger partial charge in [-0.15, -0.1) is 0 Å². The number of carbonyl (C=O) groups excluding carboxylic acids is 1. The van der Waals surface area contributed by atoms with Crippen molar-refractivity contribution in [2.75, 3.05) is 19.5 Å². The van der Waals surface area contributed by atoms with E-state index in [1.54, 1.807) is 44.6 Å². The molecule has 0 bridgehead atoms. The molecule has 2 N–H and O–H groups in total. The molecule has 0 aliphatic rings. The number of hydrogen-bond acceptors (Lipinski definition) is 5. The second-order valence-corrected chi connectivity index (χ2v) is 5.93. The van der Waals surface area contributed by atoms with Gasteiger partial charge in [0.05, 0.1) is 25.5 Å². The molecule has 144 valence electrons. The summed E-state index contributed by atoms with van der Waals surface area (Å²) in [6, 6.07) is 14.7. The number of ether oxygens (including phenoxy) is 2. The molecule has 0 unspecified atom stereocenters. The van der Waals surface area contributed by atoms with E-state index in [4.69, 9.17) is 9.47 Å². The number of benzene rings is 2. The highest BCUT2D eigenvalue weighted by Gasteiger charge is 2.09. The standard InChI is InChI=1S/C21H20FN3O3/c1-27-17-8-9-18(19(11-17)28-2)25-20-10-5-15(13-23-20)21(26)24-12-14-3-6-16(22)7-4-14/h3-11,13H,12H2,1-2H3,(H,23,25)(H,24,26). The lowest BCUT2D eigenvalue weighted by Crippen LogP contribution is -2.22. The maximum atomic E-state index is 12.9. The Morgan fingerprint density at radius 1 is 1.04 bits per heavy atom. The Labute approximate surface area is 162 Å². The van der Waals surface area contributed by atoms with E-state index in [0.29, 0.717) is 29.4 Å². The number of aromatic nitrogens is 1. The van der Waals surface area contributed by atoms with Gasteiger partial charge in [-0.2, -0.15) is 0 Å². The van der Waals surface area contributed by atoms with Crippen molar-refractivity contribution >= 4 is 17.4 Å². The number of hydrogen-bond donors (Lipinski definition) is 2. The van der Waals surface area contributed by atoms with Gasteiger partial charge in [-0.1, -0.05) is 12.1 Å². The number of methoxy groups -OCH3 is 2. The van der Waals surface area contributed by atoms with Crippen molar-refractivity contribution in [1.82, 2.24) is 10.3 Å². The van der Waals surface area contributed by atoms with E-state index >= 15 is 0 Å². The average Bonchev–Trinajstić information content (AvgIpc) is 2.74. The molecule has 1 amide bonds. The molecule has 7 heteroatoms. The fourth-order valence-electron chi connectivity index (χ4n) is 2.53. The van der Waals surface area contributed by atoms with Gasteiger partial charge < -0.3 is 20.1 Å². The van der Waals surface area contributed by atoms with Gasteiger partial charge in [0.1, 0.15) is 23.1 Å². The normalized spacial score (nSPS) is 10.2. The van der Waals surface area contributed by atoms with Crippen molar-refractivity contribution in [3.8, 4) is 11.5 Å². The third kappa shape index (κ3) is 4.76. The Kier molecular flexibility index (Phi) is 6.06. The van der Waals surface area contributed by atoms with Crippen molar-refractivity contribution in [3.05, 3.63) is 77.7 Å². The second-order valence-electron chi connectivity index (χ2n) is 5.93. The van der Waals surface area contributed by atoms with Crippen molar-refractivity contribution < 1.29 is 18.7 Å². The summed E-state index contributed by atoms with van der Waals surface area (Å²) in [5.74, 6) is 1.30. The Bertz CT molecular complexity index is 944. The van der Waals surface area contributed by atoms with E-state index in [9.17, 15) is 9.18 Å². The third-order valence-electron chi connectivity index (χ3n) is 4.06. The molecule has 0 radical (unpaired) electrons. The van der Waals surface area contributed by atoms with Crippen LogP contribution in [0.3, 0.4) is 0 Å². The highest BCUT2D eigenvalue weighted by Crippen LogP contribution is 2.30. The summed E-state index contributed by atoms with van der Waals surface area (Å²) < 4.78 is 23.4. The zero-order chi connectivity index (χ0) is 19.9. The summed E-state index contributed by atoms with van der Waals surface area (Å²) in [4.78, 5) is 16.5. The quantitative estimate of drug-likeness (QED) is 0.649. The number of nitrogens with zero attached hydrogens (tertiary/aromatic N) is 1. The van der Waals surface area contributed by atoms with Crippen LogP contribution < -0.4 is 20.1 Å². The number of amides is 1. The van der Waals surface area contributed by atoms with Crippen LogP contribution in [0.15, 0.2) is 60.8 Å². The summed E-state index contributed by atoms with van der Waals surface area (Å²) in [5, 5.41) is 5.92. The lowest BCUT2D eigenvalue weighted by molar-refractivity contribution is 0.0950. The number of anilines is 2. The molecule has 28 heavy (non-hydrogen) atoms. The number of rotatable bonds is 7. The van der Waals surface area contributed by atoms with Crippen LogP contribution in [0.5, 0.6) is 11.5 Å². The molecule has 0 atom stereocenters. The lowest BCUT2D eigenvalue weighted by atomic mass is 10.2. The molecule has 0 fully saturated rings. The Hall–Kier alpha value is -3.61. The summed E-state index contributed by atoms with van der Waals surface area (Å²) in [6.07, 6.45) is 1.48. The van der Waals surface area contributed by atoms with E-state index in [1.165, 1.54) is 18.3 Å². The highest BCUT2D eigenvalue weighted by atomic mass is 19.1. The van der Waals surface area contributed by atoms with Gasteiger partial charge in [0.25, 0.3) is 5.91 Å². The van der Waals surface area contributed by atoms with Crippen LogP contribution in [0, 0.1) is 5.82 Å². The lowest BCUT2D eigenvalue weighted by Gasteiger charge is -2.12. The molecule has 1 heterocycles. The average molecular weight is 381 g/mol. The molecular formula is C21H20FN3O3. The zero-order valence-electron chi connectivity index (χ0n) is 15.5. The fourth-order valence-corrected chi connectivity index (χ4v) is 2.53. The van der Waals surface area contributed by atoms with Crippen LogP contribution >= 0.6 is 0 Å². The largest absolute Gasteiger partial charge is 0.497 e. The van der Waals surface area contributed by atoms with Gasteiger partial charge in [-0.3, -0.25) is 4.79 Å². The van der Waals surface area contributed by atoms with Gasteiger partial charge in [0.15, 0.2) is 0 Å². The molecule has 0 saturated heterocycles. The number of carbonyl (C=O) groups is 1. The first-order chi connectivity index (χ1) is 13.6. The second kappa shape index (κ2) is 8.85. The zero-order valence-corrected chi connectivity index (χ0v) is 15.5. The van der Waals surface area contributed by atoms with E-state index in [0.717, 1.165) is 11.3 Å². The maximum absolute atomic E-state index is 12.9. The number of nitrogens with one attached hydrogen (secondary N) is 2. The van der Waals surface area contributed by atoms with Crippen LogP contribution in [0.1, 0.15) is 15.9 Å². The van der Waals surface area contributed by atoms with Gasteiger partial charge in [-0.05, 0) is 42.0 Å². The van der Waals surface area contributed by atoms with Gasteiger partial charge in [0.2, 0.25) is 0 Å². The molecule has 6 nitrogen and oxygen atoms in total. The Balaban J connectivity index is 1.63. The molecule has 2 aromatic carbocycles. The van der Waals surface area contributed by atoms with Crippen LogP contribution in [0.2, 0.25) is 0 Å². The van der Waals surface area contributed by atoms with Crippen LogP contribution in [-0.4, -0.2) is 25.1 Å². The third-order valence-corrected chi connectivity index (χ3v) is 4.06. The predicted octanol–water partition coefficient (Wildman–Crippen LogP) is 3.91. The minimum atomic E-state index is -0.309. The minimum absolute atomic E-state index is 0.259. The smallest absolute Gasteiger partial charge is 0.253 e. The molecule has 3 aromatic rings. The molecule has 0 spiro atoms. The van der Waals surface area contributed by atoms with Crippen molar-refractivity contribution in [3.63, 3.8) is 0 Å². The van der Waals surface area contributed by atoms with Crippen molar-refractivity contribution in [1.29, 1.82) is 0 Å². The topological polar surface area (TPSA) is 72.5 Å². The molecule has 3 rings (SSSR count). The van der Waals surface area contributed by atoms with Gasteiger partial charge in [0, 0.05) is 18.8 Å². The first-order valence-electron chi connectivity index (χ1n) is 8.57. The predicted molar refractivity (Wildman–Crippen MR) is 105 cm³/mol.